The van der Waals surface area contributed by atoms with Gasteiger partial charge in [0, 0.05) is 10.8 Å². The van der Waals surface area contributed by atoms with Crippen LogP contribution in [0.15, 0.2) is 30.3 Å². The fraction of sp³-hybridized carbons (Fsp3) is 0.250. The number of fused-ring (bicyclic) bond motifs is 1. The monoisotopic (exact) mass is 250 g/mol. The summed E-state index contributed by atoms with van der Waals surface area (Å²) in [5.41, 5.74) is 0.786. The van der Waals surface area contributed by atoms with Gasteiger partial charge in [-0.2, -0.15) is 10.5 Å². The van der Waals surface area contributed by atoms with E-state index >= 15 is 0 Å². The van der Waals surface area contributed by atoms with Gasteiger partial charge < -0.3 is 4.74 Å². The van der Waals surface area contributed by atoms with Crippen LogP contribution in [0.5, 0.6) is 5.75 Å². The summed E-state index contributed by atoms with van der Waals surface area (Å²) < 4.78 is 5.74. The van der Waals surface area contributed by atoms with Gasteiger partial charge in [0.05, 0.1) is 17.7 Å². The van der Waals surface area contributed by atoms with E-state index < -0.39 is 0 Å². The highest BCUT2D eigenvalue weighted by atomic mass is 16.5. The summed E-state index contributed by atoms with van der Waals surface area (Å²) in [6, 6.07) is 13.4. The normalized spacial score (nSPS) is 9.84. The number of nitriles is 2. The van der Waals surface area contributed by atoms with E-state index in [1.54, 1.807) is 6.07 Å². The highest BCUT2D eigenvalue weighted by Gasteiger charge is 2.12. The Morgan fingerprint density at radius 1 is 1.11 bits per heavy atom. The molecule has 2 aromatic rings. The highest BCUT2D eigenvalue weighted by molar-refractivity contribution is 5.94. The summed E-state index contributed by atoms with van der Waals surface area (Å²) in [5, 5.41) is 20.0. The van der Waals surface area contributed by atoms with Gasteiger partial charge in [0.25, 0.3) is 0 Å². The maximum Gasteiger partial charge on any atom is 0.128 e. The van der Waals surface area contributed by atoms with Gasteiger partial charge >= 0.3 is 0 Å². The molecule has 0 N–H and O–H groups in total. The van der Waals surface area contributed by atoms with Crippen LogP contribution in [0.2, 0.25) is 0 Å². The molecule has 0 unspecified atom stereocenters. The van der Waals surface area contributed by atoms with Gasteiger partial charge in [0.1, 0.15) is 17.9 Å². The minimum Gasteiger partial charge on any atom is -0.493 e. The van der Waals surface area contributed by atoms with Crippen LogP contribution in [0.1, 0.15) is 30.9 Å². The number of unbranched alkanes of at least 4 members (excludes halogenated alkanes) is 1. The SMILES string of the molecule is CCCCOc1cc(C#N)c(C#N)c2ccccc12. The quantitative estimate of drug-likeness (QED) is 0.776. The summed E-state index contributed by atoms with van der Waals surface area (Å²) in [6.45, 7) is 2.72. The molecule has 0 aliphatic rings. The molecular weight excluding hydrogens is 236 g/mol. The van der Waals surface area contributed by atoms with Crippen molar-refractivity contribution in [3.8, 4) is 17.9 Å². The summed E-state index contributed by atoms with van der Waals surface area (Å²) in [7, 11) is 0. The molecule has 3 nitrogen and oxygen atoms in total. The third-order valence-electron chi connectivity index (χ3n) is 2.99. The van der Waals surface area contributed by atoms with Gasteiger partial charge in [-0.3, -0.25) is 0 Å². The van der Waals surface area contributed by atoms with E-state index in [0.717, 1.165) is 23.6 Å². The van der Waals surface area contributed by atoms with E-state index in [4.69, 9.17) is 10.00 Å². The molecule has 0 bridgehead atoms. The molecule has 0 amide bonds. The molecule has 0 saturated carbocycles. The molecule has 0 spiro atoms. The van der Waals surface area contributed by atoms with Crippen LogP contribution in [0, 0.1) is 22.7 Å². The van der Waals surface area contributed by atoms with Crippen molar-refractivity contribution in [2.75, 3.05) is 6.61 Å². The second-order valence-electron chi connectivity index (χ2n) is 4.27. The molecular formula is C16H14N2O. The van der Waals surface area contributed by atoms with Crippen molar-refractivity contribution < 1.29 is 4.74 Å². The number of ether oxygens (including phenoxy) is 1. The molecule has 0 aromatic heterocycles. The highest BCUT2D eigenvalue weighted by Crippen LogP contribution is 2.31. The summed E-state index contributed by atoms with van der Waals surface area (Å²) >= 11 is 0. The standard InChI is InChI=1S/C16H14N2O/c1-2-3-8-19-16-9-12(10-17)15(11-18)13-6-4-5-7-14(13)16/h4-7,9H,2-3,8H2,1H3. The van der Waals surface area contributed by atoms with Crippen LogP contribution < -0.4 is 4.74 Å². The Bertz CT molecular complexity index is 677. The van der Waals surface area contributed by atoms with Crippen molar-refractivity contribution in [2.45, 2.75) is 19.8 Å². The lowest BCUT2D eigenvalue weighted by molar-refractivity contribution is 0.313. The third-order valence-corrected chi connectivity index (χ3v) is 2.99. The fourth-order valence-corrected chi connectivity index (χ4v) is 2.00. The van der Waals surface area contributed by atoms with Crippen LogP contribution in [0.25, 0.3) is 10.8 Å². The van der Waals surface area contributed by atoms with E-state index in [0.29, 0.717) is 23.5 Å². The molecule has 0 aliphatic carbocycles. The van der Waals surface area contributed by atoms with Gasteiger partial charge in [0.15, 0.2) is 0 Å². The molecule has 0 saturated heterocycles. The number of benzene rings is 2. The zero-order valence-electron chi connectivity index (χ0n) is 10.8. The van der Waals surface area contributed by atoms with Crippen LogP contribution in [0.3, 0.4) is 0 Å². The van der Waals surface area contributed by atoms with Crippen LogP contribution in [-0.4, -0.2) is 6.61 Å². The van der Waals surface area contributed by atoms with E-state index in [1.807, 2.05) is 24.3 Å². The molecule has 0 heterocycles. The first kappa shape index (κ1) is 12.9. The Balaban J connectivity index is 2.59. The Morgan fingerprint density at radius 2 is 1.84 bits per heavy atom. The van der Waals surface area contributed by atoms with Crippen molar-refractivity contribution in [3.05, 3.63) is 41.5 Å². The number of hydrogen-bond donors (Lipinski definition) is 0. The van der Waals surface area contributed by atoms with Gasteiger partial charge in [-0.25, -0.2) is 0 Å². The molecule has 0 fully saturated rings. The molecule has 0 aliphatic heterocycles. The topological polar surface area (TPSA) is 56.8 Å². The molecule has 19 heavy (non-hydrogen) atoms. The van der Waals surface area contributed by atoms with Gasteiger partial charge in [-0.1, -0.05) is 37.6 Å². The predicted octanol–water partition coefficient (Wildman–Crippen LogP) is 3.76. The van der Waals surface area contributed by atoms with E-state index in [2.05, 4.69) is 19.1 Å². The first-order valence-electron chi connectivity index (χ1n) is 6.30. The second-order valence-corrected chi connectivity index (χ2v) is 4.27. The lowest BCUT2D eigenvalue weighted by Gasteiger charge is -2.11. The summed E-state index contributed by atoms with van der Waals surface area (Å²) in [6.07, 6.45) is 2.02. The van der Waals surface area contributed by atoms with E-state index in [1.165, 1.54) is 0 Å². The molecule has 0 atom stereocenters. The smallest absolute Gasteiger partial charge is 0.128 e. The minimum atomic E-state index is 0.368. The molecule has 94 valence electrons. The molecule has 2 aromatic carbocycles. The van der Waals surface area contributed by atoms with Crippen LogP contribution in [0.4, 0.5) is 0 Å². The maximum atomic E-state index is 9.21. The number of rotatable bonds is 4. The summed E-state index contributed by atoms with van der Waals surface area (Å²) in [4.78, 5) is 0. The van der Waals surface area contributed by atoms with Crippen molar-refractivity contribution in [1.82, 2.24) is 0 Å². The van der Waals surface area contributed by atoms with Gasteiger partial charge in [-0.15, -0.1) is 0 Å². The van der Waals surface area contributed by atoms with Crippen LogP contribution in [-0.2, 0) is 0 Å². The average Bonchev–Trinajstić information content (AvgIpc) is 2.46. The van der Waals surface area contributed by atoms with E-state index in [9.17, 15) is 5.26 Å². The fourth-order valence-electron chi connectivity index (χ4n) is 2.00. The number of nitrogens with zero attached hydrogens (tertiary/aromatic N) is 2. The largest absolute Gasteiger partial charge is 0.493 e. The zero-order valence-corrected chi connectivity index (χ0v) is 10.8. The minimum absolute atomic E-state index is 0.368. The molecule has 0 radical (unpaired) electrons. The first-order chi connectivity index (χ1) is 9.31. The first-order valence-corrected chi connectivity index (χ1v) is 6.30. The molecule has 3 heteroatoms. The number of hydrogen-bond acceptors (Lipinski definition) is 3. The Labute approximate surface area is 112 Å². The predicted molar refractivity (Wildman–Crippen MR) is 73.8 cm³/mol. The lowest BCUT2D eigenvalue weighted by Crippen LogP contribution is -1.99. The maximum absolute atomic E-state index is 9.21. The Morgan fingerprint density at radius 3 is 2.47 bits per heavy atom. The third kappa shape index (κ3) is 2.51. The zero-order chi connectivity index (χ0) is 13.7. The van der Waals surface area contributed by atoms with Gasteiger partial charge in [-0.05, 0) is 12.5 Å². The average molecular weight is 250 g/mol. The van der Waals surface area contributed by atoms with Gasteiger partial charge in [0.2, 0.25) is 0 Å². The lowest BCUT2D eigenvalue weighted by atomic mass is 9.99. The van der Waals surface area contributed by atoms with Crippen molar-refractivity contribution >= 4 is 10.8 Å². The second kappa shape index (κ2) is 5.89. The summed E-state index contributed by atoms with van der Waals surface area (Å²) in [5.74, 6) is 0.680. The van der Waals surface area contributed by atoms with Crippen molar-refractivity contribution in [2.24, 2.45) is 0 Å². The molecule has 2 rings (SSSR count). The van der Waals surface area contributed by atoms with E-state index in [-0.39, 0.29) is 0 Å². The Kier molecular flexibility index (Phi) is 4.00. The Hall–Kier alpha value is -2.52. The van der Waals surface area contributed by atoms with Crippen molar-refractivity contribution in [1.29, 1.82) is 10.5 Å². The van der Waals surface area contributed by atoms with Crippen molar-refractivity contribution in [3.63, 3.8) is 0 Å². The van der Waals surface area contributed by atoms with Crippen LogP contribution >= 0.6 is 0 Å².